The van der Waals surface area contributed by atoms with E-state index in [1.807, 2.05) is 0 Å². The van der Waals surface area contributed by atoms with Crippen LogP contribution in [0.5, 0.6) is 0 Å². The van der Waals surface area contributed by atoms with Crippen LogP contribution in [0.25, 0.3) is 0 Å². The maximum atomic E-state index is 12.7. The Kier molecular flexibility index (Phi) is 2.58. The Morgan fingerprint density at radius 1 is 1.42 bits per heavy atom. The molecule has 0 atom stereocenters. The third-order valence-corrected chi connectivity index (χ3v) is 1.51. The molecule has 1 aromatic rings. The van der Waals surface area contributed by atoms with E-state index < -0.39 is 11.6 Å². The highest BCUT2D eigenvalue weighted by Gasteiger charge is 2.07. The van der Waals surface area contributed by atoms with E-state index in [1.165, 1.54) is 0 Å². The molecule has 0 amide bonds. The van der Waals surface area contributed by atoms with Crippen molar-refractivity contribution in [2.24, 2.45) is 4.99 Å². The summed E-state index contributed by atoms with van der Waals surface area (Å²) in [4.78, 5) is 12.8. The topological polar surface area (TPSA) is 29.4 Å². The van der Waals surface area contributed by atoms with Crippen molar-refractivity contribution >= 4 is 24.4 Å². The quantitative estimate of drug-likeness (QED) is 0.407. The van der Waals surface area contributed by atoms with Crippen LogP contribution in [0.15, 0.2) is 22.0 Å². The van der Waals surface area contributed by atoms with Gasteiger partial charge in [-0.05, 0) is 6.07 Å². The first-order valence-corrected chi connectivity index (χ1v) is 3.35. The summed E-state index contributed by atoms with van der Waals surface area (Å²) in [5.41, 5.74) is -0.297. The molecule has 5 heteroatoms. The number of rotatable bonds is 1. The van der Waals surface area contributed by atoms with Crippen LogP contribution in [-0.4, -0.2) is 6.08 Å². The molecule has 0 aliphatic carbocycles. The normalized spacial score (nSPS) is 9.25. The fraction of sp³-hybridized carbons (Fsp3) is 0. The van der Waals surface area contributed by atoms with Crippen molar-refractivity contribution in [3.8, 4) is 0 Å². The number of isocyanates is 1. The Labute approximate surface area is 72.3 Å². The Balaban J connectivity index is 3.37. The molecule has 0 saturated heterocycles. The van der Waals surface area contributed by atoms with Gasteiger partial charge >= 0.3 is 0 Å². The standard InChI is InChI=1S/C7H3F2NOS/c8-4-1-5(9)7(10-3-11)6(12)2-4/h1-2,12H. The predicted octanol–water partition coefficient (Wildman–Crippen LogP) is 2.22. The predicted molar refractivity (Wildman–Crippen MR) is 41.4 cm³/mol. The average molecular weight is 187 g/mol. The van der Waals surface area contributed by atoms with Gasteiger partial charge < -0.3 is 0 Å². The Hall–Kier alpha value is -1.19. The van der Waals surface area contributed by atoms with E-state index in [1.54, 1.807) is 0 Å². The van der Waals surface area contributed by atoms with E-state index in [9.17, 15) is 13.6 Å². The van der Waals surface area contributed by atoms with Crippen molar-refractivity contribution in [1.82, 2.24) is 0 Å². The summed E-state index contributed by atoms with van der Waals surface area (Å²) in [6.07, 6.45) is 1.15. The summed E-state index contributed by atoms with van der Waals surface area (Å²) in [5.74, 6) is -1.69. The van der Waals surface area contributed by atoms with Gasteiger partial charge in [0.25, 0.3) is 0 Å². The van der Waals surface area contributed by atoms with Gasteiger partial charge in [-0.2, -0.15) is 4.99 Å². The lowest BCUT2D eigenvalue weighted by Gasteiger charge is -1.98. The van der Waals surface area contributed by atoms with Gasteiger partial charge in [0, 0.05) is 11.0 Å². The molecule has 12 heavy (non-hydrogen) atoms. The van der Waals surface area contributed by atoms with E-state index in [4.69, 9.17) is 0 Å². The van der Waals surface area contributed by atoms with Gasteiger partial charge in [-0.15, -0.1) is 12.6 Å². The molecule has 0 saturated carbocycles. The van der Waals surface area contributed by atoms with Crippen molar-refractivity contribution in [3.05, 3.63) is 23.8 Å². The van der Waals surface area contributed by atoms with Crippen LogP contribution in [0.3, 0.4) is 0 Å². The van der Waals surface area contributed by atoms with Crippen molar-refractivity contribution < 1.29 is 13.6 Å². The number of hydrogen-bond acceptors (Lipinski definition) is 3. The fourth-order valence-electron chi connectivity index (χ4n) is 0.709. The van der Waals surface area contributed by atoms with Crippen molar-refractivity contribution in [3.63, 3.8) is 0 Å². The summed E-state index contributed by atoms with van der Waals surface area (Å²) < 4.78 is 25.2. The molecule has 0 heterocycles. The summed E-state index contributed by atoms with van der Waals surface area (Å²) in [6, 6.07) is 1.58. The lowest BCUT2D eigenvalue weighted by Crippen LogP contribution is -1.82. The minimum atomic E-state index is -0.927. The second-order valence-corrected chi connectivity index (χ2v) is 2.44. The number of hydrogen-bond donors (Lipinski definition) is 1. The molecule has 0 unspecified atom stereocenters. The van der Waals surface area contributed by atoms with Crippen LogP contribution in [0.2, 0.25) is 0 Å². The first-order chi connectivity index (χ1) is 5.65. The molecule has 62 valence electrons. The molecule has 2 nitrogen and oxygen atoms in total. The highest BCUT2D eigenvalue weighted by atomic mass is 32.1. The van der Waals surface area contributed by atoms with Crippen LogP contribution in [0, 0.1) is 11.6 Å². The molecule has 0 N–H and O–H groups in total. The number of nitrogens with zero attached hydrogens (tertiary/aromatic N) is 1. The monoisotopic (exact) mass is 187 g/mol. The lowest BCUT2D eigenvalue weighted by molar-refractivity contribution is 0.561. The Morgan fingerprint density at radius 3 is 2.58 bits per heavy atom. The number of carbonyl (C=O) groups excluding carboxylic acids is 1. The van der Waals surface area contributed by atoms with E-state index >= 15 is 0 Å². The number of aliphatic imine (C=N–C) groups is 1. The van der Waals surface area contributed by atoms with Crippen LogP contribution in [0.4, 0.5) is 14.5 Å². The third kappa shape index (κ3) is 1.69. The minimum Gasteiger partial charge on any atom is -0.211 e. The molecule has 0 aliphatic heterocycles. The Bertz CT molecular complexity index is 337. The van der Waals surface area contributed by atoms with Crippen molar-refractivity contribution in [2.75, 3.05) is 0 Å². The van der Waals surface area contributed by atoms with Gasteiger partial charge in [0.15, 0.2) is 5.82 Å². The highest BCUT2D eigenvalue weighted by Crippen LogP contribution is 2.26. The lowest BCUT2D eigenvalue weighted by atomic mass is 10.3. The average Bonchev–Trinajstić information content (AvgIpc) is 1.96. The zero-order valence-corrected chi connectivity index (χ0v) is 6.61. The molecule has 0 fully saturated rings. The molecular formula is C7H3F2NOS. The van der Waals surface area contributed by atoms with Gasteiger partial charge in [0.1, 0.15) is 11.5 Å². The maximum Gasteiger partial charge on any atom is 0.240 e. The van der Waals surface area contributed by atoms with Crippen LogP contribution >= 0.6 is 12.6 Å². The van der Waals surface area contributed by atoms with Gasteiger partial charge in [-0.25, -0.2) is 13.6 Å². The highest BCUT2D eigenvalue weighted by molar-refractivity contribution is 7.80. The summed E-state index contributed by atoms with van der Waals surface area (Å²) in [5, 5.41) is 0. The zero-order chi connectivity index (χ0) is 9.14. The molecule has 0 radical (unpaired) electrons. The molecule has 1 rings (SSSR count). The Morgan fingerprint density at radius 2 is 2.08 bits per heavy atom. The molecule has 0 bridgehead atoms. The number of thiol groups is 1. The van der Waals surface area contributed by atoms with E-state index in [-0.39, 0.29) is 10.6 Å². The van der Waals surface area contributed by atoms with Gasteiger partial charge in [0.2, 0.25) is 6.08 Å². The second-order valence-electron chi connectivity index (χ2n) is 1.96. The van der Waals surface area contributed by atoms with Crippen LogP contribution in [-0.2, 0) is 4.79 Å². The number of halogens is 2. The largest absolute Gasteiger partial charge is 0.240 e. The second kappa shape index (κ2) is 3.47. The first kappa shape index (κ1) is 8.90. The molecule has 0 spiro atoms. The van der Waals surface area contributed by atoms with Crippen molar-refractivity contribution in [2.45, 2.75) is 4.90 Å². The van der Waals surface area contributed by atoms with Gasteiger partial charge in [0.05, 0.1) is 0 Å². The summed E-state index contributed by atoms with van der Waals surface area (Å²) >= 11 is 3.72. The smallest absolute Gasteiger partial charge is 0.211 e. The molecule has 0 aliphatic rings. The van der Waals surface area contributed by atoms with Crippen LogP contribution in [0.1, 0.15) is 0 Å². The molecular weight excluding hydrogens is 184 g/mol. The van der Waals surface area contributed by atoms with Gasteiger partial charge in [-0.3, -0.25) is 0 Å². The molecule has 1 aromatic carbocycles. The zero-order valence-electron chi connectivity index (χ0n) is 5.71. The minimum absolute atomic E-state index is 0.0316. The van der Waals surface area contributed by atoms with Gasteiger partial charge in [-0.1, -0.05) is 0 Å². The van der Waals surface area contributed by atoms with Crippen molar-refractivity contribution in [1.29, 1.82) is 0 Å². The summed E-state index contributed by atoms with van der Waals surface area (Å²) in [6.45, 7) is 0. The van der Waals surface area contributed by atoms with E-state index in [0.29, 0.717) is 6.07 Å². The third-order valence-electron chi connectivity index (χ3n) is 1.17. The first-order valence-electron chi connectivity index (χ1n) is 2.91. The number of benzene rings is 1. The van der Waals surface area contributed by atoms with Crippen LogP contribution < -0.4 is 0 Å². The SMILES string of the molecule is O=C=Nc1c(F)cc(F)cc1S. The molecule has 0 aromatic heterocycles. The summed E-state index contributed by atoms with van der Waals surface area (Å²) in [7, 11) is 0. The van der Waals surface area contributed by atoms with E-state index in [0.717, 1.165) is 12.1 Å². The maximum absolute atomic E-state index is 12.7. The fourth-order valence-corrected chi connectivity index (χ4v) is 0.989. The van der Waals surface area contributed by atoms with E-state index in [2.05, 4.69) is 17.6 Å².